The monoisotopic (exact) mass is 560 g/mol. The second-order valence-corrected chi connectivity index (χ2v) is 8.93. The van der Waals surface area contributed by atoms with Crippen molar-refractivity contribution < 1.29 is 63.2 Å². The number of carboxylic acids is 1. The van der Waals surface area contributed by atoms with E-state index < -0.39 is 54.5 Å². The van der Waals surface area contributed by atoms with Gasteiger partial charge in [0.1, 0.15) is 35.6 Å². The number of rotatable bonds is 7. The maximum Gasteiger partial charge on any atom is 0.371 e. The minimum Gasteiger partial charge on any atom is -0.502 e. The molecule has 5 atom stereocenters. The number of hydrogen-bond acceptors (Lipinski definition) is 13. The zero-order chi connectivity index (χ0) is 28.9. The standard InChI is InChI=1S/C26H24O14/c1-35-14-3-9(4-15(36-2)19(14)29)23-24(40-26-22(32)21(31)20(30)17(8-27)39-26)11-7-16(25(33)34)37-12-5-10(28)6-13(38-23)18(11)12/h3-7,17,20-22,26-27,29-32H,8H2,1-2H3,(H,33,34)/t17-,20-,21+,22-,26+/m1/s1. The molecule has 2 aromatic carbocycles. The zero-order valence-corrected chi connectivity index (χ0v) is 20.9. The van der Waals surface area contributed by atoms with Crippen molar-refractivity contribution in [2.24, 2.45) is 0 Å². The van der Waals surface area contributed by atoms with Gasteiger partial charge in [0.15, 0.2) is 28.4 Å². The first-order chi connectivity index (χ1) is 19.1. The molecule has 0 aliphatic carbocycles. The molecule has 1 fully saturated rings. The van der Waals surface area contributed by atoms with E-state index in [9.17, 15) is 40.2 Å². The lowest BCUT2D eigenvalue weighted by Crippen LogP contribution is -2.60. The van der Waals surface area contributed by atoms with Crippen LogP contribution < -0.4 is 19.6 Å². The van der Waals surface area contributed by atoms with Gasteiger partial charge in [-0.2, -0.15) is 0 Å². The number of hydrogen-bond donors (Lipinski definition) is 6. The third kappa shape index (κ3) is 4.47. The fourth-order valence-corrected chi connectivity index (χ4v) is 4.52. The Hall–Kier alpha value is -4.34. The van der Waals surface area contributed by atoms with Crippen LogP contribution >= 0.6 is 0 Å². The SMILES string of the molecule is COc1cc(-c2oc3cc(=O)cc4oc(C(=O)O)cc(c2O[C@@H]2O[C@H](CO)[C@@H](O)[C@H](O)[C@H]2O)c43)cc(OC)c1O. The first-order valence-corrected chi connectivity index (χ1v) is 11.8. The van der Waals surface area contributed by atoms with Crippen molar-refractivity contribution >= 4 is 27.9 Å². The van der Waals surface area contributed by atoms with E-state index >= 15 is 0 Å². The van der Waals surface area contributed by atoms with Gasteiger partial charge in [-0.15, -0.1) is 0 Å². The molecule has 1 aliphatic heterocycles. The predicted molar refractivity (Wildman–Crippen MR) is 134 cm³/mol. The maximum atomic E-state index is 12.4. The second-order valence-electron chi connectivity index (χ2n) is 8.93. The fraction of sp³-hybridized carbons (Fsp3) is 0.308. The third-order valence-electron chi connectivity index (χ3n) is 6.50. The molecule has 3 heterocycles. The van der Waals surface area contributed by atoms with Crippen LogP contribution in [0.15, 0.2) is 44.0 Å². The molecule has 0 radical (unpaired) electrons. The molecule has 0 spiro atoms. The highest BCUT2D eigenvalue weighted by molar-refractivity contribution is 6.11. The molecule has 0 unspecified atom stereocenters. The molecule has 1 aliphatic rings. The Labute approximate surface area is 223 Å². The van der Waals surface area contributed by atoms with E-state index in [0.717, 1.165) is 18.2 Å². The molecule has 0 bridgehead atoms. The summed E-state index contributed by atoms with van der Waals surface area (Å²) in [5, 5.41) is 61.0. The van der Waals surface area contributed by atoms with Crippen LogP contribution in [0.5, 0.6) is 23.0 Å². The zero-order valence-electron chi connectivity index (χ0n) is 20.9. The van der Waals surface area contributed by atoms with Gasteiger partial charge in [-0.05, 0) is 12.1 Å². The molecule has 14 heteroatoms. The number of carbonyl (C=O) groups is 1. The highest BCUT2D eigenvalue weighted by Gasteiger charge is 2.45. The Morgan fingerprint density at radius 2 is 1.55 bits per heavy atom. The third-order valence-corrected chi connectivity index (χ3v) is 6.50. The van der Waals surface area contributed by atoms with E-state index in [2.05, 4.69) is 0 Å². The fourth-order valence-electron chi connectivity index (χ4n) is 4.52. The van der Waals surface area contributed by atoms with Crippen molar-refractivity contribution in [2.45, 2.75) is 30.7 Å². The number of aliphatic hydroxyl groups excluding tert-OH is 4. The number of carboxylic acid groups (broad SMARTS) is 1. The predicted octanol–water partition coefficient (Wildman–Crippen LogP) is 0.806. The van der Waals surface area contributed by atoms with Crippen LogP contribution in [0.3, 0.4) is 0 Å². The Balaban J connectivity index is 1.84. The summed E-state index contributed by atoms with van der Waals surface area (Å²) in [6.45, 7) is -0.730. The van der Waals surface area contributed by atoms with Gasteiger partial charge in [0.2, 0.25) is 17.8 Å². The van der Waals surface area contributed by atoms with E-state index in [1.807, 2.05) is 0 Å². The van der Waals surface area contributed by atoms with Gasteiger partial charge in [-0.3, -0.25) is 4.79 Å². The molecule has 2 aromatic heterocycles. The van der Waals surface area contributed by atoms with E-state index in [4.69, 9.17) is 27.8 Å². The molecule has 5 rings (SSSR count). The number of aromatic carboxylic acids is 1. The Kier molecular flexibility index (Phi) is 7.03. The smallest absolute Gasteiger partial charge is 0.371 e. The summed E-state index contributed by atoms with van der Waals surface area (Å²) in [6, 6.07) is 5.99. The first kappa shape index (κ1) is 27.2. The van der Waals surface area contributed by atoms with Crippen LogP contribution in [0.25, 0.3) is 33.3 Å². The summed E-state index contributed by atoms with van der Waals surface area (Å²) in [7, 11) is 2.58. The van der Waals surface area contributed by atoms with Crippen LogP contribution in [-0.2, 0) is 4.74 Å². The number of aliphatic hydroxyl groups is 4. The summed E-state index contributed by atoms with van der Waals surface area (Å²) in [6.07, 6.45) is -8.30. The normalized spacial score (nSPS) is 22.9. The molecule has 0 saturated carbocycles. The lowest BCUT2D eigenvalue weighted by Gasteiger charge is -2.39. The minimum absolute atomic E-state index is 0.0275. The molecular weight excluding hydrogens is 536 g/mol. The van der Waals surface area contributed by atoms with Crippen LogP contribution in [0, 0.1) is 0 Å². The van der Waals surface area contributed by atoms with Crippen molar-refractivity contribution in [2.75, 3.05) is 20.8 Å². The number of phenolic OH excluding ortho intramolecular Hbond substituents is 1. The summed E-state index contributed by atoms with van der Waals surface area (Å²) in [4.78, 5) is 24.3. The minimum atomic E-state index is -1.83. The Morgan fingerprint density at radius 1 is 0.925 bits per heavy atom. The molecule has 212 valence electrons. The van der Waals surface area contributed by atoms with Gasteiger partial charge < -0.3 is 58.4 Å². The topological polar surface area (TPSA) is 219 Å². The summed E-state index contributed by atoms with van der Waals surface area (Å²) < 4.78 is 33.4. The van der Waals surface area contributed by atoms with Gasteiger partial charge in [-0.25, -0.2) is 4.79 Å². The average molecular weight is 560 g/mol. The van der Waals surface area contributed by atoms with Gasteiger partial charge in [0.05, 0.1) is 26.2 Å². The van der Waals surface area contributed by atoms with E-state index in [0.29, 0.717) is 0 Å². The van der Waals surface area contributed by atoms with Gasteiger partial charge in [0.25, 0.3) is 0 Å². The summed E-state index contributed by atoms with van der Waals surface area (Å²) in [5.41, 5.74) is -0.579. The highest BCUT2D eigenvalue weighted by Crippen LogP contribution is 2.47. The lowest BCUT2D eigenvalue weighted by atomic mass is 9.99. The number of methoxy groups -OCH3 is 2. The van der Waals surface area contributed by atoms with E-state index in [1.165, 1.54) is 26.4 Å². The Bertz CT molecular complexity index is 1630. The largest absolute Gasteiger partial charge is 0.502 e. The first-order valence-electron chi connectivity index (χ1n) is 11.8. The summed E-state index contributed by atoms with van der Waals surface area (Å²) in [5.74, 6) is -2.86. The van der Waals surface area contributed by atoms with Crippen molar-refractivity contribution in [3.05, 3.63) is 46.3 Å². The number of ether oxygens (including phenoxy) is 4. The molecule has 4 aromatic rings. The molecule has 40 heavy (non-hydrogen) atoms. The Morgan fingerprint density at radius 3 is 2.12 bits per heavy atom. The maximum absolute atomic E-state index is 12.4. The van der Waals surface area contributed by atoms with E-state index in [1.54, 1.807) is 0 Å². The summed E-state index contributed by atoms with van der Waals surface area (Å²) >= 11 is 0. The van der Waals surface area contributed by atoms with Crippen LogP contribution in [-0.4, -0.2) is 88.1 Å². The van der Waals surface area contributed by atoms with Crippen LogP contribution in [0.2, 0.25) is 0 Å². The van der Waals surface area contributed by atoms with Crippen molar-refractivity contribution in [3.8, 4) is 34.3 Å². The molecule has 14 nitrogen and oxygen atoms in total. The number of aromatic hydroxyl groups is 1. The van der Waals surface area contributed by atoms with Gasteiger partial charge >= 0.3 is 5.97 Å². The molecule has 6 N–H and O–H groups in total. The van der Waals surface area contributed by atoms with Gasteiger partial charge in [-0.1, -0.05) is 0 Å². The van der Waals surface area contributed by atoms with Crippen molar-refractivity contribution in [1.82, 2.24) is 0 Å². The number of phenols is 1. The average Bonchev–Trinajstić information content (AvgIpc) is 2.93. The highest BCUT2D eigenvalue weighted by atomic mass is 16.7. The van der Waals surface area contributed by atoms with Crippen LogP contribution in [0.1, 0.15) is 10.6 Å². The molecule has 0 amide bonds. The lowest BCUT2D eigenvalue weighted by molar-refractivity contribution is -0.277. The second kappa shape index (κ2) is 10.3. The quantitative estimate of drug-likeness (QED) is 0.184. The van der Waals surface area contributed by atoms with Gasteiger partial charge in [0, 0.05) is 29.1 Å². The molecular formula is C26H24O14. The number of benzene rings is 2. The van der Waals surface area contributed by atoms with Crippen molar-refractivity contribution in [1.29, 1.82) is 0 Å². The van der Waals surface area contributed by atoms with Crippen molar-refractivity contribution in [3.63, 3.8) is 0 Å². The van der Waals surface area contributed by atoms with E-state index in [-0.39, 0.29) is 56.3 Å². The molecule has 1 saturated heterocycles. The van der Waals surface area contributed by atoms with Crippen LogP contribution in [0.4, 0.5) is 0 Å².